The van der Waals surface area contributed by atoms with Crippen molar-refractivity contribution >= 4 is 23.0 Å². The van der Waals surface area contributed by atoms with Gasteiger partial charge in [0.2, 0.25) is 0 Å². The quantitative estimate of drug-likeness (QED) is 0.490. The molecule has 2 aromatic heterocycles. The second-order valence-corrected chi connectivity index (χ2v) is 9.36. The van der Waals surface area contributed by atoms with Gasteiger partial charge in [-0.1, -0.05) is 37.5 Å². The lowest BCUT2D eigenvalue weighted by atomic mass is 9.94. The zero-order valence-electron chi connectivity index (χ0n) is 18.7. The summed E-state index contributed by atoms with van der Waals surface area (Å²) >= 11 is 5.81. The summed E-state index contributed by atoms with van der Waals surface area (Å²) in [6, 6.07) is 16.1. The van der Waals surface area contributed by atoms with Crippen LogP contribution in [0.4, 0.5) is 5.69 Å². The molecule has 0 spiro atoms. The van der Waals surface area contributed by atoms with Crippen LogP contribution in [-0.4, -0.2) is 19.8 Å². The van der Waals surface area contributed by atoms with Crippen molar-refractivity contribution in [1.82, 2.24) is 14.9 Å². The lowest BCUT2D eigenvalue weighted by molar-refractivity contribution is 0.345. The molecule has 0 unspecified atom stereocenters. The van der Waals surface area contributed by atoms with Crippen molar-refractivity contribution in [3.05, 3.63) is 77.4 Å². The van der Waals surface area contributed by atoms with E-state index in [1.165, 1.54) is 49.1 Å². The van der Waals surface area contributed by atoms with E-state index in [9.17, 15) is 5.11 Å². The summed E-state index contributed by atoms with van der Waals surface area (Å²) in [4.78, 5) is 6.72. The summed E-state index contributed by atoms with van der Waals surface area (Å²) in [5, 5.41) is 14.8. The number of benzene rings is 1. The summed E-state index contributed by atoms with van der Waals surface area (Å²) in [5.74, 6) is 0.226. The van der Waals surface area contributed by atoms with Crippen LogP contribution < -0.4 is 10.2 Å². The summed E-state index contributed by atoms with van der Waals surface area (Å²) in [5.41, 5.74) is 5.47. The number of nitrogens with zero attached hydrogens (tertiary/aromatic N) is 3. The Morgan fingerprint density at radius 1 is 1.03 bits per heavy atom. The largest absolute Gasteiger partial charge is 0.506 e. The van der Waals surface area contributed by atoms with Crippen LogP contribution in [0.15, 0.2) is 54.7 Å². The number of hydrogen-bond donors (Lipinski definition) is 2. The van der Waals surface area contributed by atoms with Crippen LogP contribution in [0.25, 0.3) is 0 Å². The van der Waals surface area contributed by atoms with Crippen molar-refractivity contribution in [2.45, 2.75) is 64.1 Å². The molecule has 0 amide bonds. The minimum atomic E-state index is -0.108. The third kappa shape index (κ3) is 3.56. The Labute approximate surface area is 195 Å². The molecule has 3 heterocycles. The topological polar surface area (TPSA) is 53.3 Å². The Morgan fingerprint density at radius 2 is 1.78 bits per heavy atom. The fourth-order valence-corrected chi connectivity index (χ4v) is 5.94. The highest BCUT2D eigenvalue weighted by molar-refractivity contribution is 7.80. The van der Waals surface area contributed by atoms with Gasteiger partial charge in [-0.3, -0.25) is 4.98 Å². The van der Waals surface area contributed by atoms with Crippen LogP contribution >= 0.6 is 12.2 Å². The van der Waals surface area contributed by atoms with Gasteiger partial charge in [0.1, 0.15) is 5.75 Å². The Hall–Kier alpha value is -2.86. The van der Waals surface area contributed by atoms with Gasteiger partial charge in [-0.25, -0.2) is 0 Å². The van der Waals surface area contributed by atoms with Crippen molar-refractivity contribution in [3.63, 3.8) is 0 Å². The van der Waals surface area contributed by atoms with Gasteiger partial charge < -0.3 is 19.9 Å². The molecule has 1 aliphatic carbocycles. The minimum absolute atomic E-state index is 0.103. The number of aryl methyl sites for hydroxylation is 1. The molecule has 5 rings (SSSR count). The molecule has 1 aromatic carbocycles. The molecule has 6 heteroatoms. The van der Waals surface area contributed by atoms with Crippen molar-refractivity contribution in [2.24, 2.45) is 0 Å². The molecule has 1 aliphatic heterocycles. The Bertz CT molecular complexity index is 1120. The lowest BCUT2D eigenvalue weighted by Crippen LogP contribution is -2.29. The summed E-state index contributed by atoms with van der Waals surface area (Å²) in [6.07, 6.45) is 8.24. The van der Waals surface area contributed by atoms with Crippen LogP contribution in [0.3, 0.4) is 0 Å². The zero-order chi connectivity index (χ0) is 22.2. The number of phenols is 1. The third-order valence-electron chi connectivity index (χ3n) is 7.02. The molecule has 2 atom stereocenters. The van der Waals surface area contributed by atoms with E-state index in [1.807, 2.05) is 42.6 Å². The Morgan fingerprint density at radius 3 is 2.50 bits per heavy atom. The molecule has 166 valence electrons. The van der Waals surface area contributed by atoms with E-state index in [2.05, 4.69) is 39.7 Å². The molecule has 1 saturated heterocycles. The molecule has 0 bridgehead atoms. The fourth-order valence-electron chi connectivity index (χ4n) is 5.60. The normalized spacial score (nSPS) is 21.7. The number of para-hydroxylation sites is 2. The third-order valence-corrected chi connectivity index (χ3v) is 7.34. The molecule has 2 aliphatic rings. The Balaban J connectivity index is 1.65. The molecule has 32 heavy (non-hydrogen) atoms. The van der Waals surface area contributed by atoms with Crippen molar-refractivity contribution in [1.29, 1.82) is 0 Å². The highest BCUT2D eigenvalue weighted by Gasteiger charge is 2.43. The predicted molar refractivity (Wildman–Crippen MR) is 132 cm³/mol. The van der Waals surface area contributed by atoms with Crippen LogP contribution in [0.1, 0.15) is 72.9 Å². The number of anilines is 1. The number of pyridine rings is 1. The van der Waals surface area contributed by atoms with E-state index in [0.717, 1.165) is 11.4 Å². The van der Waals surface area contributed by atoms with Crippen LogP contribution in [-0.2, 0) is 0 Å². The Kier molecular flexibility index (Phi) is 5.64. The first-order valence-electron chi connectivity index (χ1n) is 11.5. The highest BCUT2D eigenvalue weighted by Crippen LogP contribution is 2.46. The van der Waals surface area contributed by atoms with E-state index in [0.29, 0.717) is 11.2 Å². The molecule has 3 aromatic rings. The average molecular weight is 447 g/mol. The van der Waals surface area contributed by atoms with Gasteiger partial charge in [-0.2, -0.15) is 0 Å². The van der Waals surface area contributed by atoms with Gasteiger partial charge in [0, 0.05) is 23.6 Å². The molecular weight excluding hydrogens is 416 g/mol. The van der Waals surface area contributed by atoms with E-state index >= 15 is 0 Å². The van der Waals surface area contributed by atoms with Crippen molar-refractivity contribution in [3.8, 4) is 5.75 Å². The lowest BCUT2D eigenvalue weighted by Gasteiger charge is -2.30. The second kappa shape index (κ2) is 8.58. The van der Waals surface area contributed by atoms with E-state index in [1.54, 1.807) is 6.07 Å². The molecule has 0 radical (unpaired) electrons. The van der Waals surface area contributed by atoms with Gasteiger partial charge in [0.05, 0.1) is 23.5 Å². The molecule has 1 saturated carbocycles. The number of phenolic OH excluding ortho intramolecular Hbond substituents is 1. The van der Waals surface area contributed by atoms with E-state index in [-0.39, 0.29) is 17.8 Å². The summed E-state index contributed by atoms with van der Waals surface area (Å²) < 4.78 is 2.54. The summed E-state index contributed by atoms with van der Waals surface area (Å²) in [7, 11) is 0. The number of thiocarbonyl (C=S) groups is 1. The maximum absolute atomic E-state index is 10.7. The first kappa shape index (κ1) is 21.0. The second-order valence-electron chi connectivity index (χ2n) is 8.97. The monoisotopic (exact) mass is 446 g/mol. The first-order chi connectivity index (χ1) is 15.6. The van der Waals surface area contributed by atoms with Gasteiger partial charge in [0.25, 0.3) is 0 Å². The predicted octanol–water partition coefficient (Wildman–Crippen LogP) is 5.89. The SMILES string of the molecule is Cc1cc([C@@H]2[C@H](c3ccccn3)NC(=S)N2c2ccccc2O)c(C)n1C1CCCCC1. The van der Waals surface area contributed by atoms with Crippen molar-refractivity contribution < 1.29 is 5.11 Å². The highest BCUT2D eigenvalue weighted by atomic mass is 32.1. The van der Waals surface area contributed by atoms with Gasteiger partial charge in [-0.15, -0.1) is 0 Å². The number of aromatic nitrogens is 2. The number of nitrogens with one attached hydrogen (secondary N) is 1. The first-order valence-corrected chi connectivity index (χ1v) is 11.9. The minimum Gasteiger partial charge on any atom is -0.506 e. The average Bonchev–Trinajstić information content (AvgIpc) is 3.30. The zero-order valence-corrected chi connectivity index (χ0v) is 19.5. The smallest absolute Gasteiger partial charge is 0.174 e. The van der Waals surface area contributed by atoms with Crippen molar-refractivity contribution in [2.75, 3.05) is 4.90 Å². The maximum Gasteiger partial charge on any atom is 0.174 e. The number of rotatable bonds is 4. The van der Waals surface area contributed by atoms with E-state index in [4.69, 9.17) is 12.2 Å². The molecule has 5 nitrogen and oxygen atoms in total. The van der Waals surface area contributed by atoms with Gasteiger partial charge in [-0.05, 0) is 74.8 Å². The summed E-state index contributed by atoms with van der Waals surface area (Å²) in [6.45, 7) is 4.45. The molecular formula is C26H30N4OS. The fraction of sp³-hybridized carbons (Fsp3) is 0.385. The van der Waals surface area contributed by atoms with Gasteiger partial charge >= 0.3 is 0 Å². The van der Waals surface area contributed by atoms with E-state index < -0.39 is 0 Å². The maximum atomic E-state index is 10.7. The standard InChI is InChI=1S/C26H30N4OS/c1-17-16-20(18(2)29(17)19-10-4-3-5-11-19)25-24(21-12-8-9-15-27-21)28-26(32)30(25)22-13-6-7-14-23(22)31/h6-9,12-16,19,24-25,31H,3-5,10-11H2,1-2H3,(H,28,32)/t24-,25+/m0/s1. The van der Waals surface area contributed by atoms with Crippen LogP contribution in [0, 0.1) is 13.8 Å². The molecule has 2 N–H and O–H groups in total. The number of hydrogen-bond acceptors (Lipinski definition) is 3. The molecule has 2 fully saturated rings. The number of aromatic hydroxyl groups is 1. The van der Waals surface area contributed by atoms with Crippen LogP contribution in [0.2, 0.25) is 0 Å². The van der Waals surface area contributed by atoms with Crippen LogP contribution in [0.5, 0.6) is 5.75 Å². The van der Waals surface area contributed by atoms with Gasteiger partial charge in [0.15, 0.2) is 5.11 Å².